The first kappa shape index (κ1) is 20.9. The molecule has 7 nitrogen and oxygen atoms in total. The first-order chi connectivity index (χ1) is 14.6. The molecule has 154 valence electrons. The van der Waals surface area contributed by atoms with Crippen molar-refractivity contribution >= 4 is 34.5 Å². The normalized spacial score (nSPS) is 10.7. The van der Waals surface area contributed by atoms with Crippen molar-refractivity contribution in [2.24, 2.45) is 5.10 Å². The Kier molecular flexibility index (Phi) is 7.00. The maximum absolute atomic E-state index is 12.1. The monoisotopic (exact) mass is 405 g/mol. The van der Waals surface area contributed by atoms with Gasteiger partial charge in [-0.15, -0.1) is 0 Å². The lowest BCUT2D eigenvalue weighted by Gasteiger charge is -2.10. The van der Waals surface area contributed by atoms with Gasteiger partial charge in [-0.25, -0.2) is 5.43 Å². The third-order valence-corrected chi connectivity index (χ3v) is 4.29. The zero-order valence-electron chi connectivity index (χ0n) is 16.8. The number of fused-ring (bicyclic) bond motifs is 1. The Labute approximate surface area is 174 Å². The summed E-state index contributed by atoms with van der Waals surface area (Å²) < 4.78 is 10.8. The average Bonchev–Trinajstić information content (AvgIpc) is 2.75. The van der Waals surface area contributed by atoms with Gasteiger partial charge in [0.25, 0.3) is 0 Å². The number of nitrogens with zero attached hydrogens (tertiary/aromatic N) is 1. The average molecular weight is 405 g/mol. The van der Waals surface area contributed by atoms with Gasteiger partial charge >= 0.3 is 0 Å². The first-order valence-electron chi connectivity index (χ1n) is 9.51. The highest BCUT2D eigenvalue weighted by atomic mass is 16.5. The molecule has 0 atom stereocenters. The number of benzene rings is 3. The van der Waals surface area contributed by atoms with E-state index in [-0.39, 0.29) is 6.42 Å². The number of hydrogen-bond donors (Lipinski definition) is 2. The number of nitrogens with one attached hydrogen (secondary N) is 2. The highest BCUT2D eigenvalue weighted by molar-refractivity contribution is 6.05. The van der Waals surface area contributed by atoms with Crippen LogP contribution in [0, 0.1) is 0 Å². The molecule has 0 aliphatic carbocycles. The molecule has 3 rings (SSSR count). The zero-order valence-corrected chi connectivity index (χ0v) is 16.8. The lowest BCUT2D eigenvalue weighted by Crippen LogP contribution is -2.24. The molecule has 0 saturated carbocycles. The van der Waals surface area contributed by atoms with E-state index in [4.69, 9.17) is 9.47 Å². The Bertz CT molecular complexity index is 1080. The van der Waals surface area contributed by atoms with Gasteiger partial charge in [0.2, 0.25) is 11.8 Å². The zero-order chi connectivity index (χ0) is 21.3. The molecule has 7 heteroatoms. The summed E-state index contributed by atoms with van der Waals surface area (Å²) in [5.74, 6) is 0.313. The molecule has 3 aromatic carbocycles. The van der Waals surface area contributed by atoms with Crippen molar-refractivity contribution < 1.29 is 19.1 Å². The van der Waals surface area contributed by atoms with Crippen LogP contribution < -0.4 is 20.2 Å². The van der Waals surface area contributed by atoms with Crippen molar-refractivity contribution in [1.29, 1.82) is 0 Å². The second kappa shape index (κ2) is 10.1. The molecule has 0 heterocycles. The minimum absolute atomic E-state index is 0.359. The van der Waals surface area contributed by atoms with Crippen molar-refractivity contribution in [3.8, 4) is 11.5 Å². The second-order valence-corrected chi connectivity index (χ2v) is 6.38. The van der Waals surface area contributed by atoms with E-state index in [1.54, 1.807) is 31.4 Å². The fraction of sp³-hybridized carbons (Fsp3) is 0.174. The molecule has 0 bridgehead atoms. The van der Waals surface area contributed by atoms with Crippen LogP contribution in [0.4, 0.5) is 5.69 Å². The van der Waals surface area contributed by atoms with E-state index in [0.29, 0.717) is 23.8 Å². The van der Waals surface area contributed by atoms with Crippen molar-refractivity contribution in [2.45, 2.75) is 13.3 Å². The SMILES string of the molecule is CCOc1ccc2ccccc2c1C=NNC(=O)CC(=O)Nc1cccc(OC)c1. The molecule has 0 fully saturated rings. The predicted octanol–water partition coefficient (Wildman–Crippen LogP) is 3.73. The van der Waals surface area contributed by atoms with Gasteiger partial charge in [0.1, 0.15) is 17.9 Å². The number of carbonyl (C=O) groups is 2. The summed E-state index contributed by atoms with van der Waals surface area (Å²) in [6, 6.07) is 18.6. The van der Waals surface area contributed by atoms with Crippen LogP contribution in [-0.4, -0.2) is 31.7 Å². The van der Waals surface area contributed by atoms with Crippen molar-refractivity contribution in [1.82, 2.24) is 5.43 Å². The van der Waals surface area contributed by atoms with Crippen LogP contribution in [-0.2, 0) is 9.59 Å². The largest absolute Gasteiger partial charge is 0.497 e. The van der Waals surface area contributed by atoms with E-state index in [1.165, 1.54) is 6.21 Å². The van der Waals surface area contributed by atoms with E-state index >= 15 is 0 Å². The summed E-state index contributed by atoms with van der Waals surface area (Å²) in [7, 11) is 1.54. The summed E-state index contributed by atoms with van der Waals surface area (Å²) in [6.07, 6.45) is 1.17. The van der Waals surface area contributed by atoms with Gasteiger partial charge in [0.05, 0.1) is 19.9 Å². The molecule has 0 saturated heterocycles. The van der Waals surface area contributed by atoms with Gasteiger partial charge in [-0.05, 0) is 35.9 Å². The third kappa shape index (κ3) is 5.35. The van der Waals surface area contributed by atoms with E-state index in [1.807, 2.05) is 43.3 Å². The summed E-state index contributed by atoms with van der Waals surface area (Å²) in [6.45, 7) is 2.41. The standard InChI is InChI=1S/C23H23N3O4/c1-3-30-21-12-11-16-7-4-5-10-19(16)20(21)15-24-26-23(28)14-22(27)25-17-8-6-9-18(13-17)29-2/h4-13,15H,3,14H2,1-2H3,(H,25,27)(H,26,28). The lowest BCUT2D eigenvalue weighted by molar-refractivity contribution is -0.126. The predicted molar refractivity (Wildman–Crippen MR) is 117 cm³/mol. The minimum Gasteiger partial charge on any atom is -0.497 e. The van der Waals surface area contributed by atoms with Crippen LogP contribution in [0.2, 0.25) is 0 Å². The number of amides is 2. The maximum Gasteiger partial charge on any atom is 0.249 e. The fourth-order valence-corrected chi connectivity index (χ4v) is 2.95. The van der Waals surface area contributed by atoms with Crippen LogP contribution in [0.1, 0.15) is 18.9 Å². The van der Waals surface area contributed by atoms with Crippen LogP contribution in [0.3, 0.4) is 0 Å². The topological polar surface area (TPSA) is 89.0 Å². The number of methoxy groups -OCH3 is 1. The summed E-state index contributed by atoms with van der Waals surface area (Å²) in [5, 5.41) is 8.66. The van der Waals surface area contributed by atoms with E-state index in [0.717, 1.165) is 16.3 Å². The quantitative estimate of drug-likeness (QED) is 0.340. The van der Waals surface area contributed by atoms with Gasteiger partial charge in [-0.1, -0.05) is 36.4 Å². The van der Waals surface area contributed by atoms with Gasteiger partial charge in [-0.3, -0.25) is 9.59 Å². The molecule has 0 spiro atoms. The highest BCUT2D eigenvalue weighted by Gasteiger charge is 2.10. The number of hydrazone groups is 1. The molecular weight excluding hydrogens is 382 g/mol. The van der Waals surface area contributed by atoms with Crippen molar-refractivity contribution in [3.63, 3.8) is 0 Å². The summed E-state index contributed by atoms with van der Waals surface area (Å²) >= 11 is 0. The van der Waals surface area contributed by atoms with Gasteiger partial charge in [0.15, 0.2) is 0 Å². The Morgan fingerprint density at radius 2 is 1.87 bits per heavy atom. The van der Waals surface area contributed by atoms with Gasteiger partial charge < -0.3 is 14.8 Å². The Morgan fingerprint density at radius 1 is 1.03 bits per heavy atom. The number of rotatable bonds is 8. The van der Waals surface area contributed by atoms with Crippen LogP contribution in [0.25, 0.3) is 10.8 Å². The smallest absolute Gasteiger partial charge is 0.249 e. The van der Waals surface area contributed by atoms with E-state index in [2.05, 4.69) is 15.8 Å². The molecule has 0 radical (unpaired) electrons. The molecule has 0 unspecified atom stereocenters. The molecule has 2 N–H and O–H groups in total. The number of hydrogen-bond acceptors (Lipinski definition) is 5. The molecule has 0 aromatic heterocycles. The number of anilines is 1. The van der Waals surface area contributed by atoms with Gasteiger partial charge in [0, 0.05) is 17.3 Å². The molecular formula is C23H23N3O4. The Balaban J connectivity index is 1.64. The fourth-order valence-electron chi connectivity index (χ4n) is 2.95. The summed E-state index contributed by atoms with van der Waals surface area (Å²) in [4.78, 5) is 24.2. The van der Waals surface area contributed by atoms with Crippen LogP contribution in [0.15, 0.2) is 65.8 Å². The second-order valence-electron chi connectivity index (χ2n) is 6.38. The first-order valence-corrected chi connectivity index (χ1v) is 9.51. The Hall–Kier alpha value is -3.87. The molecule has 0 aliphatic heterocycles. The van der Waals surface area contributed by atoms with Crippen LogP contribution in [0.5, 0.6) is 11.5 Å². The highest BCUT2D eigenvalue weighted by Crippen LogP contribution is 2.26. The van der Waals surface area contributed by atoms with Crippen molar-refractivity contribution in [3.05, 3.63) is 66.2 Å². The molecule has 30 heavy (non-hydrogen) atoms. The lowest BCUT2D eigenvalue weighted by atomic mass is 10.0. The number of carbonyl (C=O) groups excluding carboxylic acids is 2. The van der Waals surface area contributed by atoms with Crippen LogP contribution >= 0.6 is 0 Å². The number of ether oxygens (including phenoxy) is 2. The molecule has 0 aliphatic rings. The molecule has 2 amide bonds. The Morgan fingerprint density at radius 3 is 2.67 bits per heavy atom. The maximum atomic E-state index is 12.1. The van der Waals surface area contributed by atoms with Crippen molar-refractivity contribution in [2.75, 3.05) is 19.0 Å². The third-order valence-electron chi connectivity index (χ3n) is 4.29. The minimum atomic E-state index is -0.523. The van der Waals surface area contributed by atoms with E-state index in [9.17, 15) is 9.59 Å². The summed E-state index contributed by atoms with van der Waals surface area (Å²) in [5.41, 5.74) is 3.70. The molecule has 3 aromatic rings. The van der Waals surface area contributed by atoms with Gasteiger partial charge in [-0.2, -0.15) is 5.10 Å². The van der Waals surface area contributed by atoms with E-state index < -0.39 is 11.8 Å².